The summed E-state index contributed by atoms with van der Waals surface area (Å²) in [6.07, 6.45) is 4.25. The van der Waals surface area contributed by atoms with E-state index in [9.17, 15) is 5.11 Å². The first-order valence-electron chi connectivity index (χ1n) is 8.91. The molecule has 5 nitrogen and oxygen atoms in total. The van der Waals surface area contributed by atoms with Crippen molar-refractivity contribution in [2.24, 2.45) is 0 Å². The Morgan fingerprint density at radius 3 is 2.59 bits per heavy atom. The maximum atomic E-state index is 10.9. The summed E-state index contributed by atoms with van der Waals surface area (Å²) in [6, 6.07) is 9.29. The molecule has 0 radical (unpaired) electrons. The Hall–Kier alpha value is -2.53. The van der Waals surface area contributed by atoms with E-state index in [-0.39, 0.29) is 11.2 Å². The van der Waals surface area contributed by atoms with Gasteiger partial charge >= 0.3 is 0 Å². The van der Waals surface area contributed by atoms with Crippen molar-refractivity contribution in [2.75, 3.05) is 6.61 Å². The zero-order valence-corrected chi connectivity index (χ0v) is 16.8. The van der Waals surface area contributed by atoms with Gasteiger partial charge in [0.25, 0.3) is 0 Å². The Kier molecular flexibility index (Phi) is 5.42. The predicted octanol–water partition coefficient (Wildman–Crippen LogP) is 5.17. The Bertz CT molecular complexity index is 987. The summed E-state index contributed by atoms with van der Waals surface area (Å²) in [5, 5.41) is 20.5. The summed E-state index contributed by atoms with van der Waals surface area (Å²) < 4.78 is 5.45. The third-order valence-electron chi connectivity index (χ3n) is 4.26. The van der Waals surface area contributed by atoms with Crippen LogP contribution in [0.15, 0.2) is 42.7 Å². The van der Waals surface area contributed by atoms with Crippen molar-refractivity contribution < 1.29 is 9.84 Å². The molecule has 6 heteroatoms. The van der Waals surface area contributed by atoms with Crippen LogP contribution >= 0.6 is 11.6 Å². The molecule has 27 heavy (non-hydrogen) atoms. The van der Waals surface area contributed by atoms with E-state index in [1.54, 1.807) is 18.4 Å². The fourth-order valence-electron chi connectivity index (χ4n) is 2.88. The number of phenols is 1. The predicted molar refractivity (Wildman–Crippen MR) is 109 cm³/mol. The lowest BCUT2D eigenvalue weighted by atomic mass is 9.84. The number of benzene rings is 2. The smallest absolute Gasteiger partial charge is 0.146 e. The quantitative estimate of drug-likeness (QED) is 0.486. The number of halogens is 1. The monoisotopic (exact) mass is 385 g/mol. The van der Waals surface area contributed by atoms with Gasteiger partial charge in [-0.05, 0) is 42.2 Å². The Morgan fingerprint density at radius 1 is 1.15 bits per heavy atom. The number of hydrogen-bond acceptors (Lipinski definition) is 4. The van der Waals surface area contributed by atoms with Gasteiger partial charge in [0.2, 0.25) is 0 Å². The van der Waals surface area contributed by atoms with Gasteiger partial charge in [-0.25, -0.2) is 0 Å². The van der Waals surface area contributed by atoms with Gasteiger partial charge in [0.1, 0.15) is 22.5 Å². The molecule has 0 spiro atoms. The van der Waals surface area contributed by atoms with Crippen molar-refractivity contribution in [1.29, 1.82) is 0 Å². The second-order valence-corrected chi connectivity index (χ2v) is 7.91. The number of phenolic OH excluding ortho intramolecular Hbond substituents is 1. The second-order valence-electron chi connectivity index (χ2n) is 7.47. The van der Waals surface area contributed by atoms with E-state index in [2.05, 4.69) is 31.0 Å². The van der Waals surface area contributed by atoms with Crippen LogP contribution in [-0.4, -0.2) is 26.7 Å². The molecule has 0 aliphatic rings. The van der Waals surface area contributed by atoms with Gasteiger partial charge in [0.05, 0.1) is 12.9 Å². The second kappa shape index (κ2) is 7.61. The number of nitrogens with zero attached hydrogens (tertiary/aromatic N) is 3. The van der Waals surface area contributed by atoms with E-state index in [0.29, 0.717) is 29.3 Å². The zero-order valence-electron chi connectivity index (χ0n) is 16.0. The first-order chi connectivity index (χ1) is 12.8. The van der Waals surface area contributed by atoms with Gasteiger partial charge in [0.15, 0.2) is 0 Å². The number of fused-ring (bicyclic) bond motifs is 1. The third kappa shape index (κ3) is 4.25. The van der Waals surface area contributed by atoms with Gasteiger partial charge < -0.3 is 9.84 Å². The molecule has 142 valence electrons. The van der Waals surface area contributed by atoms with Gasteiger partial charge in [-0.3, -0.25) is 0 Å². The molecule has 0 saturated heterocycles. The van der Waals surface area contributed by atoms with Crippen LogP contribution in [0.3, 0.4) is 0 Å². The number of ether oxygens (including phenoxy) is 1. The van der Waals surface area contributed by atoms with Crippen LogP contribution in [0, 0.1) is 0 Å². The normalized spacial score (nSPS) is 12.2. The van der Waals surface area contributed by atoms with E-state index >= 15 is 0 Å². The average Bonchev–Trinajstić information content (AvgIpc) is 3.01. The lowest BCUT2D eigenvalue weighted by molar-refractivity contribution is 0.253. The molecular weight excluding hydrogens is 362 g/mol. The Labute approximate surface area is 164 Å². The van der Waals surface area contributed by atoms with E-state index in [1.807, 2.05) is 31.2 Å². The van der Waals surface area contributed by atoms with Crippen LogP contribution in [0.25, 0.3) is 16.7 Å². The molecule has 0 amide bonds. The van der Waals surface area contributed by atoms with Gasteiger partial charge in [-0.15, -0.1) is 15.0 Å². The largest absolute Gasteiger partial charge is 0.505 e. The van der Waals surface area contributed by atoms with E-state index in [1.165, 1.54) is 4.80 Å². The highest BCUT2D eigenvalue weighted by atomic mass is 35.5. The fourth-order valence-corrected chi connectivity index (χ4v) is 3.05. The third-order valence-corrected chi connectivity index (χ3v) is 4.49. The van der Waals surface area contributed by atoms with E-state index in [0.717, 1.165) is 16.6 Å². The highest BCUT2D eigenvalue weighted by Gasteiger charge is 2.23. The molecule has 0 bridgehead atoms. The minimum Gasteiger partial charge on any atom is -0.505 e. The summed E-state index contributed by atoms with van der Waals surface area (Å²) in [6.45, 7) is 8.68. The van der Waals surface area contributed by atoms with Crippen molar-refractivity contribution in [1.82, 2.24) is 15.0 Å². The summed E-state index contributed by atoms with van der Waals surface area (Å²) in [4.78, 5) is 1.47. The van der Waals surface area contributed by atoms with Crippen LogP contribution in [0.1, 0.15) is 38.8 Å². The highest BCUT2D eigenvalue weighted by Crippen LogP contribution is 2.36. The maximum Gasteiger partial charge on any atom is 0.146 e. The molecule has 1 N–H and O–H groups in total. The summed E-state index contributed by atoms with van der Waals surface area (Å²) in [5.74, 6) is 0.187. The summed E-state index contributed by atoms with van der Waals surface area (Å²) in [5.41, 5.74) is 3.63. The molecule has 2 aromatic carbocycles. The highest BCUT2D eigenvalue weighted by molar-refractivity contribution is 6.31. The molecule has 0 atom stereocenters. The van der Waals surface area contributed by atoms with Crippen molar-refractivity contribution in [2.45, 2.75) is 39.5 Å². The lowest BCUT2D eigenvalue weighted by Crippen LogP contribution is -2.14. The lowest BCUT2D eigenvalue weighted by Gasteiger charge is -2.23. The van der Waals surface area contributed by atoms with Crippen LogP contribution < -0.4 is 0 Å². The molecule has 0 unspecified atom stereocenters. The summed E-state index contributed by atoms with van der Waals surface area (Å²) in [7, 11) is 0. The van der Waals surface area contributed by atoms with Crippen molar-refractivity contribution in [3.63, 3.8) is 0 Å². The number of rotatable bonds is 5. The molecule has 0 fully saturated rings. The maximum absolute atomic E-state index is 10.9. The molecule has 3 rings (SSSR count). The van der Waals surface area contributed by atoms with Crippen molar-refractivity contribution in [3.05, 3.63) is 58.8 Å². The standard InChI is InChI=1S/C21H24ClN3O2/c1-5-9-27-10-8-14-11-16(21(2,3)4)20(26)19(12-14)25-23-17-7-6-15(22)13-18(17)24-25/h5-7,9,11-13,26H,8,10H2,1-4H3. The first-order valence-corrected chi connectivity index (χ1v) is 9.29. The van der Waals surface area contributed by atoms with E-state index in [4.69, 9.17) is 16.3 Å². The fraction of sp³-hybridized carbons (Fsp3) is 0.333. The number of aromatic nitrogens is 3. The molecule has 1 aromatic heterocycles. The van der Waals surface area contributed by atoms with Crippen LogP contribution in [0.2, 0.25) is 5.02 Å². The SMILES string of the molecule is CC=COCCc1cc(-n2nc3ccc(Cl)cc3n2)c(O)c(C(C)(C)C)c1. The molecule has 0 aliphatic heterocycles. The van der Waals surface area contributed by atoms with E-state index < -0.39 is 0 Å². The molecule has 0 aliphatic carbocycles. The minimum absolute atomic E-state index is 0.187. The van der Waals surface area contributed by atoms with Gasteiger partial charge in [-0.2, -0.15) is 0 Å². The summed E-state index contributed by atoms with van der Waals surface area (Å²) >= 11 is 6.05. The molecular formula is C21H24ClN3O2. The average molecular weight is 386 g/mol. The van der Waals surface area contributed by atoms with Crippen molar-refractivity contribution >= 4 is 22.6 Å². The van der Waals surface area contributed by atoms with Gasteiger partial charge in [0, 0.05) is 17.0 Å². The van der Waals surface area contributed by atoms with Crippen LogP contribution in [-0.2, 0) is 16.6 Å². The van der Waals surface area contributed by atoms with Gasteiger partial charge in [-0.1, -0.05) is 44.5 Å². The molecule has 3 aromatic rings. The first kappa shape index (κ1) is 19.2. The number of aromatic hydroxyl groups is 1. The Morgan fingerprint density at radius 2 is 1.89 bits per heavy atom. The Balaban J connectivity index is 2.08. The minimum atomic E-state index is -0.227. The molecule has 1 heterocycles. The zero-order chi connectivity index (χ0) is 19.6. The number of hydrogen-bond donors (Lipinski definition) is 1. The van der Waals surface area contributed by atoms with Crippen LogP contribution in [0.5, 0.6) is 5.75 Å². The van der Waals surface area contributed by atoms with Crippen molar-refractivity contribution in [3.8, 4) is 11.4 Å². The topological polar surface area (TPSA) is 60.2 Å². The van der Waals surface area contributed by atoms with Crippen LogP contribution in [0.4, 0.5) is 0 Å². The number of allylic oxidation sites excluding steroid dienone is 1. The molecule has 0 saturated carbocycles.